The number of carbonyl (C=O) groups excluding carboxylic acids is 1. The smallest absolute Gasteiger partial charge is 0.194 e. The summed E-state index contributed by atoms with van der Waals surface area (Å²) in [5.74, 6) is 13.0. The van der Waals surface area contributed by atoms with Crippen molar-refractivity contribution in [2.45, 2.75) is 71.7 Å². The lowest BCUT2D eigenvalue weighted by molar-refractivity contribution is -0.116. The molecule has 0 aromatic carbocycles. The molecule has 2 aliphatic carbocycles. The summed E-state index contributed by atoms with van der Waals surface area (Å²) in [6, 6.07) is 0. The van der Waals surface area contributed by atoms with Crippen molar-refractivity contribution in [3.8, 4) is 23.7 Å². The number of fused-ring (bicyclic) bond motifs is 2. The Hall–Kier alpha value is -1.81. The zero-order valence-electron chi connectivity index (χ0n) is 17.1. The fraction of sp³-hybridized carbons (Fsp3) is 0.522. The number of ketones is 1. The third-order valence-electron chi connectivity index (χ3n) is 5.42. The Morgan fingerprint density at radius 3 is 2.58 bits per heavy atom. The second-order valence-corrected chi connectivity index (χ2v) is 13.8. The van der Waals surface area contributed by atoms with Crippen LogP contribution in [-0.4, -0.2) is 20.2 Å². The van der Waals surface area contributed by atoms with Crippen LogP contribution in [0.4, 0.5) is 0 Å². The molecule has 0 saturated carbocycles. The van der Waals surface area contributed by atoms with E-state index in [0.717, 1.165) is 17.6 Å². The molecule has 0 saturated heterocycles. The van der Waals surface area contributed by atoms with Crippen LogP contribution >= 0.6 is 0 Å². The topological polar surface area (TPSA) is 26.3 Å². The van der Waals surface area contributed by atoms with Gasteiger partial charge in [-0.1, -0.05) is 56.6 Å². The molecule has 2 bridgehead atoms. The highest BCUT2D eigenvalue weighted by molar-refractivity contribution is 6.74. The molecule has 2 unspecified atom stereocenters. The first-order valence-electron chi connectivity index (χ1n) is 9.21. The van der Waals surface area contributed by atoms with Crippen molar-refractivity contribution in [2.24, 2.45) is 5.41 Å². The summed E-state index contributed by atoms with van der Waals surface area (Å²) >= 11 is 0. The van der Waals surface area contributed by atoms with Crippen molar-refractivity contribution < 1.29 is 9.22 Å². The average Bonchev–Trinajstić information content (AvgIpc) is 2.49. The minimum Gasteiger partial charge on any atom is -0.400 e. The molecule has 0 N–H and O–H groups in total. The number of allylic oxidation sites excluding steroid dienone is 5. The van der Waals surface area contributed by atoms with Crippen LogP contribution in [0.2, 0.25) is 18.1 Å². The quantitative estimate of drug-likeness (QED) is 0.505. The van der Waals surface area contributed by atoms with E-state index < -0.39 is 8.32 Å². The molecule has 0 radical (unpaired) electrons. The average molecular weight is 367 g/mol. The molecule has 0 spiro atoms. The van der Waals surface area contributed by atoms with E-state index in [1.165, 1.54) is 0 Å². The van der Waals surface area contributed by atoms with Crippen molar-refractivity contribution in [3.05, 3.63) is 35.5 Å². The first-order chi connectivity index (χ1) is 11.9. The van der Waals surface area contributed by atoms with Gasteiger partial charge in [-0.05, 0) is 61.7 Å². The molecule has 0 fully saturated rings. The molecule has 2 aliphatic rings. The van der Waals surface area contributed by atoms with Gasteiger partial charge in [0.1, 0.15) is 11.9 Å². The van der Waals surface area contributed by atoms with Gasteiger partial charge in [-0.3, -0.25) is 4.79 Å². The Labute approximate surface area is 159 Å². The zero-order chi connectivity index (χ0) is 19.6. The van der Waals surface area contributed by atoms with Crippen LogP contribution in [0.3, 0.4) is 0 Å². The SMILES string of the molecule is CC(=O)CC1=C2CC(C)(C#C/C=C/C#CC2O[Si](C)(C)C(C)(C)C)C=C1. The van der Waals surface area contributed by atoms with E-state index in [-0.39, 0.29) is 22.3 Å². The Bertz CT molecular complexity index is 797. The molecule has 26 heavy (non-hydrogen) atoms. The fourth-order valence-electron chi connectivity index (χ4n) is 2.82. The van der Waals surface area contributed by atoms with Gasteiger partial charge in [0.2, 0.25) is 0 Å². The molecule has 0 aromatic rings. The summed E-state index contributed by atoms with van der Waals surface area (Å²) in [7, 11) is -2.02. The molecule has 0 aliphatic heterocycles. The molecule has 2 nitrogen and oxygen atoms in total. The fourth-order valence-corrected chi connectivity index (χ4v) is 3.96. The van der Waals surface area contributed by atoms with E-state index in [1.54, 1.807) is 19.1 Å². The van der Waals surface area contributed by atoms with Gasteiger partial charge in [-0.25, -0.2) is 0 Å². The highest BCUT2D eigenvalue weighted by Gasteiger charge is 2.41. The van der Waals surface area contributed by atoms with Gasteiger partial charge >= 0.3 is 0 Å². The lowest BCUT2D eigenvalue weighted by Crippen LogP contribution is -2.44. The Balaban J connectivity index is 2.55. The van der Waals surface area contributed by atoms with Gasteiger partial charge in [0.05, 0.1) is 5.41 Å². The van der Waals surface area contributed by atoms with Crippen LogP contribution in [0, 0.1) is 29.1 Å². The number of carbonyl (C=O) groups is 1. The van der Waals surface area contributed by atoms with Crippen LogP contribution < -0.4 is 0 Å². The minimum atomic E-state index is -2.02. The molecule has 138 valence electrons. The normalized spacial score (nSPS) is 26.3. The lowest BCUT2D eigenvalue weighted by atomic mass is 9.75. The van der Waals surface area contributed by atoms with E-state index in [9.17, 15) is 4.79 Å². The third-order valence-corrected chi connectivity index (χ3v) is 9.86. The lowest BCUT2D eigenvalue weighted by Gasteiger charge is -2.40. The van der Waals surface area contributed by atoms with Crippen molar-refractivity contribution in [1.82, 2.24) is 0 Å². The predicted octanol–water partition coefficient (Wildman–Crippen LogP) is 5.20. The Kier molecular flexibility index (Phi) is 5.86. The van der Waals surface area contributed by atoms with Crippen LogP contribution in [0.15, 0.2) is 35.5 Å². The monoisotopic (exact) mass is 366 g/mol. The van der Waals surface area contributed by atoms with Gasteiger partial charge in [0.25, 0.3) is 0 Å². The Morgan fingerprint density at radius 1 is 1.31 bits per heavy atom. The number of Topliss-reactive ketones (excluding diaryl/α,β-unsaturated/α-hetero) is 1. The second kappa shape index (κ2) is 7.43. The van der Waals surface area contributed by atoms with E-state index >= 15 is 0 Å². The number of hydrogen-bond acceptors (Lipinski definition) is 2. The van der Waals surface area contributed by atoms with Crippen molar-refractivity contribution in [3.63, 3.8) is 0 Å². The van der Waals surface area contributed by atoms with Crippen LogP contribution in [0.5, 0.6) is 0 Å². The summed E-state index contributed by atoms with van der Waals surface area (Å²) < 4.78 is 6.70. The minimum absolute atomic E-state index is 0.0920. The second-order valence-electron chi connectivity index (χ2n) is 9.01. The van der Waals surface area contributed by atoms with Crippen molar-refractivity contribution >= 4 is 14.1 Å². The van der Waals surface area contributed by atoms with E-state index in [0.29, 0.717) is 6.42 Å². The number of rotatable bonds is 4. The van der Waals surface area contributed by atoms with E-state index in [4.69, 9.17) is 4.43 Å². The highest BCUT2D eigenvalue weighted by Crippen LogP contribution is 2.41. The van der Waals surface area contributed by atoms with Crippen molar-refractivity contribution in [1.29, 1.82) is 0 Å². The molecular formula is C23H30O2Si. The van der Waals surface area contributed by atoms with Crippen molar-refractivity contribution in [2.75, 3.05) is 0 Å². The molecule has 0 amide bonds. The van der Waals surface area contributed by atoms with Crippen LogP contribution in [0.25, 0.3) is 0 Å². The largest absolute Gasteiger partial charge is 0.400 e. The first-order valence-corrected chi connectivity index (χ1v) is 12.1. The molecule has 3 heteroatoms. The third kappa shape index (κ3) is 4.88. The standard InChI is InChI=1S/C23H30O2Si/c1-18(24)16-19-13-15-23(5)14-11-9-8-10-12-21(20(19)17-23)25-26(6,7)22(2,3)4/h8-9,13,15,21H,16-17H2,1-7H3/b9-8+. The number of hydrogen-bond donors (Lipinski definition) is 0. The van der Waals surface area contributed by atoms with Gasteiger partial charge in [0.15, 0.2) is 8.32 Å². The molecule has 2 atom stereocenters. The maximum Gasteiger partial charge on any atom is 0.194 e. The first kappa shape index (κ1) is 20.5. The van der Waals surface area contributed by atoms with Crippen LogP contribution in [0.1, 0.15) is 47.5 Å². The predicted molar refractivity (Wildman–Crippen MR) is 111 cm³/mol. The van der Waals surface area contributed by atoms with E-state index in [2.05, 4.69) is 76.6 Å². The van der Waals surface area contributed by atoms with Gasteiger partial charge in [-0.15, -0.1) is 0 Å². The molecule has 0 heterocycles. The maximum absolute atomic E-state index is 11.8. The van der Waals surface area contributed by atoms with Gasteiger partial charge < -0.3 is 4.43 Å². The highest BCUT2D eigenvalue weighted by atomic mass is 28.4. The van der Waals surface area contributed by atoms with E-state index in [1.807, 2.05) is 0 Å². The summed E-state index contributed by atoms with van der Waals surface area (Å²) in [6.07, 6.45) is 8.64. The van der Waals surface area contributed by atoms with Gasteiger partial charge in [0, 0.05) is 6.42 Å². The summed E-state index contributed by atoms with van der Waals surface area (Å²) in [6.45, 7) is 14.9. The maximum atomic E-state index is 11.8. The van der Waals surface area contributed by atoms with Gasteiger partial charge in [-0.2, -0.15) is 0 Å². The summed E-state index contributed by atoms with van der Waals surface area (Å²) in [5.41, 5.74) is 1.90. The molecule has 0 aromatic heterocycles. The zero-order valence-corrected chi connectivity index (χ0v) is 18.1. The molecule has 2 rings (SSSR count). The molecular weight excluding hydrogens is 336 g/mol. The summed E-state index contributed by atoms with van der Waals surface area (Å²) in [5, 5.41) is 0.0920. The Morgan fingerprint density at radius 2 is 1.96 bits per heavy atom. The summed E-state index contributed by atoms with van der Waals surface area (Å²) in [4.78, 5) is 11.8. The van der Waals surface area contributed by atoms with Crippen LogP contribution in [-0.2, 0) is 9.22 Å².